The molecule has 3 heteroatoms. The number of halogens is 1. The fourth-order valence-electron chi connectivity index (χ4n) is 3.19. The Labute approximate surface area is 114 Å². The zero-order valence-electron chi connectivity index (χ0n) is 10.9. The molecule has 1 N–H and O–H groups in total. The highest BCUT2D eigenvalue weighted by atomic mass is 35.5. The van der Waals surface area contributed by atoms with Gasteiger partial charge in [0.2, 0.25) is 0 Å². The molecular formula is C14H22ClNS. The van der Waals surface area contributed by atoms with Gasteiger partial charge in [0.1, 0.15) is 0 Å². The number of rotatable bonds is 3. The van der Waals surface area contributed by atoms with Crippen molar-refractivity contribution in [3.05, 3.63) is 21.3 Å². The lowest BCUT2D eigenvalue weighted by atomic mass is 9.70. The summed E-state index contributed by atoms with van der Waals surface area (Å²) in [5.74, 6) is 0.836. The van der Waals surface area contributed by atoms with Crippen LogP contribution in [0.2, 0.25) is 4.34 Å². The molecule has 1 fully saturated rings. The van der Waals surface area contributed by atoms with Crippen molar-refractivity contribution in [3.63, 3.8) is 0 Å². The normalized spacial score (nSPS) is 28.2. The quantitative estimate of drug-likeness (QED) is 0.840. The van der Waals surface area contributed by atoms with E-state index in [1.807, 2.05) is 6.07 Å². The smallest absolute Gasteiger partial charge is 0.0931 e. The highest BCUT2D eigenvalue weighted by Crippen LogP contribution is 2.38. The lowest BCUT2D eigenvalue weighted by Crippen LogP contribution is -2.39. The molecule has 0 amide bonds. The van der Waals surface area contributed by atoms with Gasteiger partial charge in [0.25, 0.3) is 0 Å². The Balaban J connectivity index is 1.86. The highest BCUT2D eigenvalue weighted by molar-refractivity contribution is 7.16. The first-order valence-corrected chi connectivity index (χ1v) is 7.62. The van der Waals surface area contributed by atoms with Gasteiger partial charge in [0.15, 0.2) is 0 Å². The molecule has 0 aliphatic heterocycles. The molecule has 1 aromatic rings. The first kappa shape index (κ1) is 13.4. The molecule has 2 unspecified atom stereocenters. The summed E-state index contributed by atoms with van der Waals surface area (Å²) in [5, 5.41) is 3.69. The Hall–Kier alpha value is -0.0500. The SMILES string of the molecule is CC1CC(NCc2ccc(Cl)s2)CC(C)(C)C1. The molecule has 0 aromatic carbocycles. The summed E-state index contributed by atoms with van der Waals surface area (Å²) < 4.78 is 0.888. The van der Waals surface area contributed by atoms with Crippen molar-refractivity contribution in [1.82, 2.24) is 5.32 Å². The molecule has 1 nitrogen and oxygen atoms in total. The molecule has 0 saturated heterocycles. The van der Waals surface area contributed by atoms with E-state index in [0.29, 0.717) is 11.5 Å². The van der Waals surface area contributed by atoms with Crippen LogP contribution in [0, 0.1) is 11.3 Å². The van der Waals surface area contributed by atoms with E-state index >= 15 is 0 Å². The Bertz CT molecular complexity index is 372. The van der Waals surface area contributed by atoms with Crippen LogP contribution in [0.4, 0.5) is 0 Å². The van der Waals surface area contributed by atoms with Crippen molar-refractivity contribution in [2.45, 2.75) is 52.6 Å². The van der Waals surface area contributed by atoms with Crippen molar-refractivity contribution >= 4 is 22.9 Å². The van der Waals surface area contributed by atoms with E-state index in [-0.39, 0.29) is 0 Å². The lowest BCUT2D eigenvalue weighted by Gasteiger charge is -2.39. The molecule has 1 heterocycles. The molecule has 17 heavy (non-hydrogen) atoms. The Kier molecular flexibility index (Phi) is 4.17. The van der Waals surface area contributed by atoms with Crippen molar-refractivity contribution in [2.24, 2.45) is 11.3 Å². The summed E-state index contributed by atoms with van der Waals surface area (Å²) >= 11 is 7.62. The predicted octanol–water partition coefficient (Wildman–Crippen LogP) is 4.71. The van der Waals surface area contributed by atoms with Gasteiger partial charge in [-0.05, 0) is 42.7 Å². The Morgan fingerprint density at radius 3 is 2.76 bits per heavy atom. The van der Waals surface area contributed by atoms with Crippen molar-refractivity contribution < 1.29 is 0 Å². The molecule has 0 bridgehead atoms. The maximum atomic E-state index is 5.94. The van der Waals surface area contributed by atoms with E-state index < -0.39 is 0 Å². The number of hydrogen-bond acceptors (Lipinski definition) is 2. The molecule has 2 rings (SSSR count). The van der Waals surface area contributed by atoms with Crippen molar-refractivity contribution in [3.8, 4) is 0 Å². The molecule has 1 aliphatic rings. The minimum absolute atomic E-state index is 0.489. The summed E-state index contributed by atoms with van der Waals surface area (Å²) in [6.07, 6.45) is 3.95. The molecule has 1 saturated carbocycles. The highest BCUT2D eigenvalue weighted by Gasteiger charge is 2.31. The maximum Gasteiger partial charge on any atom is 0.0931 e. The second-order valence-corrected chi connectivity index (χ2v) is 8.00. The monoisotopic (exact) mass is 271 g/mol. The average Bonchev–Trinajstić information content (AvgIpc) is 2.58. The first-order valence-electron chi connectivity index (χ1n) is 6.42. The largest absolute Gasteiger partial charge is 0.309 e. The van der Waals surface area contributed by atoms with Gasteiger partial charge in [-0.2, -0.15) is 0 Å². The Morgan fingerprint density at radius 1 is 1.41 bits per heavy atom. The van der Waals surface area contributed by atoms with Crippen LogP contribution in [0.25, 0.3) is 0 Å². The van der Waals surface area contributed by atoms with E-state index in [0.717, 1.165) is 16.8 Å². The third-order valence-corrected chi connectivity index (χ3v) is 4.81. The number of hydrogen-bond donors (Lipinski definition) is 1. The van der Waals surface area contributed by atoms with Crippen LogP contribution in [0.1, 0.15) is 44.9 Å². The second-order valence-electron chi connectivity index (χ2n) is 6.20. The Morgan fingerprint density at radius 2 is 2.18 bits per heavy atom. The molecule has 1 aromatic heterocycles. The minimum Gasteiger partial charge on any atom is -0.309 e. The van der Waals surface area contributed by atoms with E-state index in [1.54, 1.807) is 11.3 Å². The minimum atomic E-state index is 0.489. The van der Waals surface area contributed by atoms with Crippen molar-refractivity contribution in [1.29, 1.82) is 0 Å². The molecule has 2 atom stereocenters. The van der Waals surface area contributed by atoms with E-state index in [9.17, 15) is 0 Å². The number of nitrogens with one attached hydrogen (secondary N) is 1. The van der Waals surface area contributed by atoms with Gasteiger partial charge in [-0.1, -0.05) is 32.4 Å². The van der Waals surface area contributed by atoms with Crippen LogP contribution < -0.4 is 5.32 Å². The van der Waals surface area contributed by atoms with Gasteiger partial charge in [-0.25, -0.2) is 0 Å². The van der Waals surface area contributed by atoms with Crippen LogP contribution in [-0.4, -0.2) is 6.04 Å². The fraction of sp³-hybridized carbons (Fsp3) is 0.714. The van der Waals surface area contributed by atoms with Crippen LogP contribution in [-0.2, 0) is 6.54 Å². The van der Waals surface area contributed by atoms with Gasteiger partial charge in [0.05, 0.1) is 4.34 Å². The van der Waals surface area contributed by atoms with E-state index in [2.05, 4.69) is 32.2 Å². The van der Waals surface area contributed by atoms with Crippen LogP contribution in [0.15, 0.2) is 12.1 Å². The predicted molar refractivity (Wildman–Crippen MR) is 76.8 cm³/mol. The molecule has 96 valence electrons. The van der Waals surface area contributed by atoms with Gasteiger partial charge in [-0.3, -0.25) is 0 Å². The van der Waals surface area contributed by atoms with Gasteiger partial charge >= 0.3 is 0 Å². The summed E-state index contributed by atoms with van der Waals surface area (Å²) in [5.41, 5.74) is 0.489. The van der Waals surface area contributed by atoms with Crippen LogP contribution in [0.3, 0.4) is 0 Å². The average molecular weight is 272 g/mol. The van der Waals surface area contributed by atoms with Crippen LogP contribution >= 0.6 is 22.9 Å². The van der Waals surface area contributed by atoms with Gasteiger partial charge in [0, 0.05) is 17.5 Å². The van der Waals surface area contributed by atoms with Crippen LogP contribution in [0.5, 0.6) is 0 Å². The van der Waals surface area contributed by atoms with Gasteiger partial charge in [-0.15, -0.1) is 11.3 Å². The molecule has 0 spiro atoms. The fourth-order valence-corrected chi connectivity index (χ4v) is 4.23. The zero-order valence-corrected chi connectivity index (χ0v) is 12.5. The zero-order chi connectivity index (χ0) is 12.5. The third kappa shape index (κ3) is 3.97. The van der Waals surface area contributed by atoms with Gasteiger partial charge < -0.3 is 5.32 Å². The molecule has 1 aliphatic carbocycles. The summed E-state index contributed by atoms with van der Waals surface area (Å²) in [4.78, 5) is 1.34. The standard InChI is InChI=1S/C14H22ClNS/c1-10-6-11(8-14(2,3)7-10)16-9-12-4-5-13(15)17-12/h4-5,10-11,16H,6-9H2,1-3H3. The molecular weight excluding hydrogens is 250 g/mol. The summed E-state index contributed by atoms with van der Waals surface area (Å²) in [6.45, 7) is 8.11. The van der Waals surface area contributed by atoms with Crippen molar-refractivity contribution in [2.75, 3.05) is 0 Å². The molecule has 0 radical (unpaired) electrons. The maximum absolute atomic E-state index is 5.94. The number of thiophene rings is 1. The lowest BCUT2D eigenvalue weighted by molar-refractivity contribution is 0.151. The second kappa shape index (κ2) is 5.29. The first-order chi connectivity index (χ1) is 7.94. The topological polar surface area (TPSA) is 12.0 Å². The van der Waals surface area contributed by atoms with E-state index in [4.69, 9.17) is 11.6 Å². The third-order valence-electron chi connectivity index (χ3n) is 3.58. The summed E-state index contributed by atoms with van der Waals surface area (Å²) in [7, 11) is 0. The summed E-state index contributed by atoms with van der Waals surface area (Å²) in [6, 6.07) is 4.77. The van der Waals surface area contributed by atoms with E-state index in [1.165, 1.54) is 24.1 Å².